The molecule has 1 fully saturated rings. The van der Waals surface area contributed by atoms with E-state index in [4.69, 9.17) is 20.6 Å². The van der Waals surface area contributed by atoms with Gasteiger partial charge in [-0.1, -0.05) is 6.92 Å². The Morgan fingerprint density at radius 2 is 2.10 bits per heavy atom. The number of aromatic nitrogens is 1. The standard InChI is InChI=1S/C21H31N5O4/c1-15(11-21(2,3)30-20(23)28)14-29-25-19(27)10-16-6-8-26(9-7-16)18-5-4-17(12-22)13-24-18/h4-5,13,15-16H,6-11,14H2,1-3H3,(H2,23,28)(H,25,27). The van der Waals surface area contributed by atoms with Crippen molar-refractivity contribution in [2.24, 2.45) is 17.6 Å². The molecule has 0 saturated carbocycles. The second kappa shape index (κ2) is 10.8. The molecule has 0 aliphatic carbocycles. The van der Waals surface area contributed by atoms with E-state index in [1.54, 1.807) is 26.1 Å². The Bertz CT molecular complexity index is 752. The zero-order valence-electron chi connectivity index (χ0n) is 17.9. The number of nitrogens with one attached hydrogen (secondary N) is 1. The Kier molecular flexibility index (Phi) is 8.42. The van der Waals surface area contributed by atoms with Crippen molar-refractivity contribution in [2.45, 2.75) is 52.1 Å². The highest BCUT2D eigenvalue weighted by Gasteiger charge is 2.25. The number of nitrogens with zero attached hydrogens (tertiary/aromatic N) is 3. The van der Waals surface area contributed by atoms with Gasteiger partial charge >= 0.3 is 6.09 Å². The predicted octanol–water partition coefficient (Wildman–Crippen LogP) is 2.51. The number of ether oxygens (including phenoxy) is 1. The molecule has 1 aromatic heterocycles. The molecule has 3 N–H and O–H groups in total. The quantitative estimate of drug-likeness (QED) is 0.590. The van der Waals surface area contributed by atoms with E-state index >= 15 is 0 Å². The number of piperidine rings is 1. The van der Waals surface area contributed by atoms with Gasteiger partial charge in [-0.15, -0.1) is 0 Å². The molecule has 9 nitrogen and oxygen atoms in total. The summed E-state index contributed by atoms with van der Waals surface area (Å²) in [6.45, 7) is 7.48. The number of hydrogen-bond donors (Lipinski definition) is 2. The normalized spacial score (nSPS) is 15.9. The Balaban J connectivity index is 1.65. The van der Waals surface area contributed by atoms with Crippen molar-refractivity contribution in [3.63, 3.8) is 0 Å². The van der Waals surface area contributed by atoms with Gasteiger partial charge in [-0.3, -0.25) is 9.63 Å². The summed E-state index contributed by atoms with van der Waals surface area (Å²) in [6, 6.07) is 5.69. The first kappa shape index (κ1) is 23.4. The fourth-order valence-electron chi connectivity index (χ4n) is 3.79. The number of primary amides is 1. The van der Waals surface area contributed by atoms with Crippen molar-refractivity contribution in [3.8, 4) is 6.07 Å². The number of hydrogen-bond acceptors (Lipinski definition) is 7. The fourth-order valence-corrected chi connectivity index (χ4v) is 3.79. The van der Waals surface area contributed by atoms with Gasteiger partial charge in [0.05, 0.1) is 12.2 Å². The van der Waals surface area contributed by atoms with Crippen LogP contribution in [0.3, 0.4) is 0 Å². The van der Waals surface area contributed by atoms with E-state index in [1.165, 1.54) is 0 Å². The number of nitriles is 1. The molecule has 9 heteroatoms. The number of hydroxylamine groups is 1. The van der Waals surface area contributed by atoms with Crippen LogP contribution in [-0.2, 0) is 14.4 Å². The molecule has 1 atom stereocenters. The Labute approximate surface area is 177 Å². The summed E-state index contributed by atoms with van der Waals surface area (Å²) in [5.41, 5.74) is 7.44. The van der Waals surface area contributed by atoms with Crippen LogP contribution in [0.15, 0.2) is 18.3 Å². The molecule has 1 aliphatic heterocycles. The van der Waals surface area contributed by atoms with Crippen LogP contribution in [0.1, 0.15) is 52.0 Å². The Morgan fingerprint density at radius 1 is 1.40 bits per heavy atom. The van der Waals surface area contributed by atoms with Crippen molar-refractivity contribution < 1.29 is 19.2 Å². The molecule has 1 aromatic rings. The Morgan fingerprint density at radius 3 is 2.67 bits per heavy atom. The number of anilines is 1. The molecule has 164 valence electrons. The maximum Gasteiger partial charge on any atom is 0.405 e. The molecule has 0 aromatic carbocycles. The number of rotatable bonds is 9. The number of carbonyl (C=O) groups is 2. The zero-order valence-corrected chi connectivity index (χ0v) is 17.9. The molecule has 30 heavy (non-hydrogen) atoms. The first-order valence-electron chi connectivity index (χ1n) is 10.2. The molecule has 0 bridgehead atoms. The molecule has 1 saturated heterocycles. The predicted molar refractivity (Wildman–Crippen MR) is 111 cm³/mol. The minimum absolute atomic E-state index is 0.0720. The van der Waals surface area contributed by atoms with Crippen LogP contribution in [0, 0.1) is 23.2 Å². The summed E-state index contributed by atoms with van der Waals surface area (Å²) < 4.78 is 5.06. The summed E-state index contributed by atoms with van der Waals surface area (Å²) in [7, 11) is 0. The van der Waals surface area contributed by atoms with Gasteiger partial charge in [-0.2, -0.15) is 5.26 Å². The molecular formula is C21H31N5O4. The van der Waals surface area contributed by atoms with Gasteiger partial charge in [0.25, 0.3) is 0 Å². The van der Waals surface area contributed by atoms with Gasteiger partial charge in [-0.25, -0.2) is 15.3 Å². The van der Waals surface area contributed by atoms with Crippen LogP contribution in [0.25, 0.3) is 0 Å². The van der Waals surface area contributed by atoms with E-state index in [-0.39, 0.29) is 11.8 Å². The van der Waals surface area contributed by atoms with Crippen molar-refractivity contribution >= 4 is 17.8 Å². The summed E-state index contributed by atoms with van der Waals surface area (Å²) in [5, 5.41) is 8.86. The van der Waals surface area contributed by atoms with E-state index in [9.17, 15) is 9.59 Å². The van der Waals surface area contributed by atoms with Gasteiger partial charge in [0, 0.05) is 25.7 Å². The molecule has 2 amide bonds. The minimum Gasteiger partial charge on any atom is -0.444 e. The van der Waals surface area contributed by atoms with Crippen molar-refractivity contribution in [1.29, 1.82) is 5.26 Å². The summed E-state index contributed by atoms with van der Waals surface area (Å²) in [4.78, 5) is 34.9. The molecule has 0 radical (unpaired) electrons. The van der Waals surface area contributed by atoms with Gasteiger partial charge in [-0.05, 0) is 57.1 Å². The van der Waals surface area contributed by atoms with E-state index in [2.05, 4.69) is 21.4 Å². The highest BCUT2D eigenvalue weighted by Crippen LogP contribution is 2.24. The molecule has 2 heterocycles. The SMILES string of the molecule is CC(CONC(=O)CC1CCN(c2ccc(C#N)cn2)CC1)CC(C)(C)OC(N)=O. The van der Waals surface area contributed by atoms with Gasteiger partial charge in [0.15, 0.2) is 0 Å². The lowest BCUT2D eigenvalue weighted by Gasteiger charge is -2.32. The highest BCUT2D eigenvalue weighted by molar-refractivity contribution is 5.75. The maximum absolute atomic E-state index is 12.2. The maximum atomic E-state index is 12.2. The van der Waals surface area contributed by atoms with Gasteiger partial charge in [0.1, 0.15) is 17.5 Å². The molecular weight excluding hydrogens is 386 g/mol. The Hall–Kier alpha value is -2.86. The molecule has 1 unspecified atom stereocenters. The third kappa shape index (κ3) is 7.87. The van der Waals surface area contributed by atoms with Crippen LogP contribution < -0.4 is 16.1 Å². The van der Waals surface area contributed by atoms with E-state index in [1.807, 2.05) is 13.0 Å². The average molecular weight is 418 g/mol. The minimum atomic E-state index is -0.803. The van der Waals surface area contributed by atoms with E-state index < -0.39 is 11.7 Å². The van der Waals surface area contributed by atoms with Crippen molar-refractivity contribution in [2.75, 3.05) is 24.6 Å². The van der Waals surface area contributed by atoms with Crippen molar-refractivity contribution in [3.05, 3.63) is 23.9 Å². The van der Waals surface area contributed by atoms with Crippen LogP contribution in [0.4, 0.5) is 10.6 Å². The second-order valence-electron chi connectivity index (χ2n) is 8.48. The topological polar surface area (TPSA) is 131 Å². The monoisotopic (exact) mass is 417 g/mol. The summed E-state index contributed by atoms with van der Waals surface area (Å²) in [5.74, 6) is 1.09. The van der Waals surface area contributed by atoms with Crippen LogP contribution in [0.2, 0.25) is 0 Å². The smallest absolute Gasteiger partial charge is 0.405 e. The third-order valence-electron chi connectivity index (χ3n) is 5.06. The van der Waals surface area contributed by atoms with Crippen molar-refractivity contribution in [1.82, 2.24) is 10.5 Å². The third-order valence-corrected chi connectivity index (χ3v) is 5.06. The lowest BCUT2D eigenvalue weighted by atomic mass is 9.93. The number of carbonyl (C=O) groups excluding carboxylic acids is 2. The first-order valence-corrected chi connectivity index (χ1v) is 10.2. The van der Waals surface area contributed by atoms with Gasteiger partial charge < -0.3 is 15.4 Å². The number of pyridine rings is 1. The zero-order chi connectivity index (χ0) is 22.1. The van der Waals surface area contributed by atoms with Gasteiger partial charge in [0.2, 0.25) is 5.91 Å². The number of nitrogens with two attached hydrogens (primary N) is 1. The van der Waals surface area contributed by atoms with Crippen LogP contribution in [-0.4, -0.2) is 42.3 Å². The number of amides is 2. The summed E-state index contributed by atoms with van der Waals surface area (Å²) >= 11 is 0. The van der Waals surface area contributed by atoms with Crippen LogP contribution >= 0.6 is 0 Å². The van der Waals surface area contributed by atoms with E-state index in [0.29, 0.717) is 30.9 Å². The molecule has 0 spiro atoms. The highest BCUT2D eigenvalue weighted by atomic mass is 16.7. The molecule has 1 aliphatic rings. The largest absolute Gasteiger partial charge is 0.444 e. The fraction of sp³-hybridized carbons (Fsp3) is 0.619. The summed E-state index contributed by atoms with van der Waals surface area (Å²) in [6.07, 6.45) is 3.54. The average Bonchev–Trinajstić information content (AvgIpc) is 2.67. The molecule has 2 rings (SSSR count). The first-order chi connectivity index (χ1) is 14.2. The lowest BCUT2D eigenvalue weighted by Crippen LogP contribution is -2.37. The van der Waals surface area contributed by atoms with E-state index in [0.717, 1.165) is 31.7 Å². The van der Waals surface area contributed by atoms with Crippen LogP contribution in [0.5, 0.6) is 0 Å². The second-order valence-corrected chi connectivity index (χ2v) is 8.48. The lowest BCUT2D eigenvalue weighted by molar-refractivity contribution is -0.136.